The average Bonchev–Trinajstić information content (AvgIpc) is 3.06. The van der Waals surface area contributed by atoms with Crippen LogP contribution in [-0.4, -0.2) is 61.8 Å². The van der Waals surface area contributed by atoms with E-state index in [2.05, 4.69) is 35.3 Å². The average molecular weight is 643 g/mol. The molecule has 11 nitrogen and oxygen atoms in total. The summed E-state index contributed by atoms with van der Waals surface area (Å²) < 4.78 is 10.7. The summed E-state index contributed by atoms with van der Waals surface area (Å²) >= 11 is 0. The number of ether oxygens (including phenoxy) is 2. The van der Waals surface area contributed by atoms with Crippen LogP contribution in [0.1, 0.15) is 67.9 Å². The van der Waals surface area contributed by atoms with Crippen molar-refractivity contribution in [3.63, 3.8) is 0 Å². The van der Waals surface area contributed by atoms with Gasteiger partial charge in [-0.25, -0.2) is 0 Å². The van der Waals surface area contributed by atoms with Crippen LogP contribution in [0.4, 0.5) is 11.4 Å². The summed E-state index contributed by atoms with van der Waals surface area (Å²) in [5.74, 6) is -0.551. The van der Waals surface area contributed by atoms with Crippen molar-refractivity contribution in [1.82, 2.24) is 10.7 Å². The predicted molar refractivity (Wildman–Crippen MR) is 192 cm³/mol. The van der Waals surface area contributed by atoms with Gasteiger partial charge in [-0.2, -0.15) is 0 Å². The van der Waals surface area contributed by atoms with E-state index in [-0.39, 0.29) is 17.7 Å². The lowest BCUT2D eigenvalue weighted by atomic mass is 10.0. The Kier molecular flexibility index (Phi) is 25.7. The molecule has 2 aromatic carbocycles. The van der Waals surface area contributed by atoms with E-state index in [4.69, 9.17) is 25.7 Å². The smallest absolute Gasteiger partial charge is 0.305 e. The van der Waals surface area contributed by atoms with Crippen LogP contribution in [0.2, 0.25) is 0 Å². The molecule has 0 aliphatic carbocycles. The Balaban J connectivity index is 0. The van der Waals surface area contributed by atoms with Crippen LogP contribution < -0.4 is 32.0 Å². The number of methoxy groups -OCH3 is 1. The van der Waals surface area contributed by atoms with Crippen LogP contribution in [-0.2, 0) is 14.3 Å². The van der Waals surface area contributed by atoms with E-state index in [1.807, 2.05) is 65.0 Å². The van der Waals surface area contributed by atoms with Crippen LogP contribution in [0.15, 0.2) is 72.3 Å². The van der Waals surface area contributed by atoms with Crippen LogP contribution in [0.5, 0.6) is 5.75 Å². The Bertz CT molecular complexity index is 1160. The first-order chi connectivity index (χ1) is 22.0. The van der Waals surface area contributed by atoms with Crippen LogP contribution in [0.25, 0.3) is 0 Å². The Morgan fingerprint density at radius 3 is 1.96 bits per heavy atom. The zero-order valence-electron chi connectivity index (χ0n) is 29.4. The number of nitrogens with one attached hydrogen (secondary N) is 5. The molecule has 258 valence electrons. The maximum atomic E-state index is 13.4. The van der Waals surface area contributed by atoms with Crippen LogP contribution >= 0.6 is 0 Å². The summed E-state index contributed by atoms with van der Waals surface area (Å²) in [4.78, 5) is 23.1. The highest BCUT2D eigenvalue weighted by molar-refractivity contribution is 5.95. The number of hydrogen-bond donors (Lipinski definition) is 7. The molecule has 8 N–H and O–H groups in total. The standard InChI is InChI=1S/C27H38N6O3.C4H8O2.2C2H6/c1-5-36-18-16-20(7-6-17-30-19(2)3)25(31-22-10-8-21(9-11-22)26(28)29)27(34)33-32-23-12-14-24(35-4)15-13-23;1-3(2)4(5)6;2*1-2/h6-16,19,25,30-32H,5,17-18H2,1-4H3,(H3,28,29)(H,33,34);3H,1-2H3,(H,5,6);2*1-2H3/b7-6-,20-16+;;;. The minimum atomic E-state index is -0.741. The van der Waals surface area contributed by atoms with Crippen molar-refractivity contribution in [2.45, 2.75) is 74.4 Å². The van der Waals surface area contributed by atoms with Crippen molar-refractivity contribution >= 4 is 29.1 Å². The molecule has 2 rings (SSSR count). The first-order valence-corrected chi connectivity index (χ1v) is 15.8. The molecule has 0 bridgehead atoms. The Morgan fingerprint density at radius 2 is 1.50 bits per heavy atom. The van der Waals surface area contributed by atoms with Crippen molar-refractivity contribution in [2.24, 2.45) is 11.7 Å². The molecule has 2 aromatic rings. The third-order valence-corrected chi connectivity index (χ3v) is 5.61. The molecule has 1 atom stereocenters. The van der Waals surface area contributed by atoms with Gasteiger partial charge < -0.3 is 30.9 Å². The van der Waals surface area contributed by atoms with E-state index >= 15 is 0 Å². The summed E-state index contributed by atoms with van der Waals surface area (Å²) in [7, 11) is 1.60. The number of carboxylic acids is 1. The van der Waals surface area contributed by atoms with Crippen LogP contribution in [0.3, 0.4) is 0 Å². The van der Waals surface area contributed by atoms with E-state index in [1.165, 1.54) is 0 Å². The van der Waals surface area contributed by atoms with E-state index < -0.39 is 12.0 Å². The number of hydrazine groups is 1. The van der Waals surface area contributed by atoms with Gasteiger partial charge in [-0.1, -0.05) is 73.6 Å². The third kappa shape index (κ3) is 19.8. The zero-order valence-corrected chi connectivity index (χ0v) is 29.4. The lowest BCUT2D eigenvalue weighted by molar-refractivity contribution is -0.140. The first-order valence-electron chi connectivity index (χ1n) is 15.8. The number of anilines is 2. The molecular formula is C35H58N6O5. The number of benzene rings is 2. The maximum absolute atomic E-state index is 13.4. The monoisotopic (exact) mass is 642 g/mol. The van der Waals surface area contributed by atoms with Gasteiger partial charge in [-0.3, -0.25) is 25.8 Å². The van der Waals surface area contributed by atoms with Gasteiger partial charge in [0.25, 0.3) is 5.91 Å². The van der Waals surface area contributed by atoms with Gasteiger partial charge in [0.05, 0.1) is 25.3 Å². The highest BCUT2D eigenvalue weighted by atomic mass is 16.5. The van der Waals surface area contributed by atoms with E-state index in [0.29, 0.717) is 42.7 Å². The summed E-state index contributed by atoms with van der Waals surface area (Å²) in [6.45, 7) is 19.0. The Labute approximate surface area is 276 Å². The fourth-order valence-electron chi connectivity index (χ4n) is 3.15. The first kappa shape index (κ1) is 43.8. The number of nitrogen functional groups attached to an aromatic ring is 1. The third-order valence-electron chi connectivity index (χ3n) is 5.61. The van der Waals surface area contributed by atoms with E-state index in [0.717, 1.165) is 11.3 Å². The lowest BCUT2D eigenvalue weighted by Gasteiger charge is -2.22. The molecule has 0 spiro atoms. The van der Waals surface area contributed by atoms with Gasteiger partial charge >= 0.3 is 5.97 Å². The molecular weight excluding hydrogens is 584 g/mol. The number of carboxylic acid groups (broad SMARTS) is 1. The highest BCUT2D eigenvalue weighted by Crippen LogP contribution is 2.17. The molecule has 0 fully saturated rings. The Morgan fingerprint density at radius 1 is 0.957 bits per heavy atom. The molecule has 46 heavy (non-hydrogen) atoms. The second-order valence-electron chi connectivity index (χ2n) is 9.73. The SMILES string of the molecule is CC.CC.CC(C)C(=O)O.CCOC/C=C(\C=C/CNC(C)C)C(Nc1ccc(C(=N)N)cc1)C(=O)NNc1ccc(OC)cc1. The van der Waals surface area contributed by atoms with Crippen molar-refractivity contribution in [3.05, 3.63) is 77.9 Å². The van der Waals surface area contributed by atoms with Gasteiger partial charge in [-0.15, -0.1) is 0 Å². The molecule has 0 aromatic heterocycles. The number of rotatable bonds is 16. The van der Waals surface area contributed by atoms with Gasteiger partial charge in [0, 0.05) is 30.4 Å². The van der Waals surface area contributed by atoms with E-state index in [1.54, 1.807) is 57.4 Å². The van der Waals surface area contributed by atoms with E-state index in [9.17, 15) is 9.59 Å². The summed E-state index contributed by atoms with van der Waals surface area (Å²) in [5.41, 5.74) is 14.1. The number of aliphatic carboxylic acids is 1. The fraction of sp³-hybridized carbons (Fsp3) is 0.457. The topological polar surface area (TPSA) is 171 Å². The molecule has 0 aliphatic rings. The molecule has 11 heteroatoms. The van der Waals surface area contributed by atoms with Gasteiger partial charge in [0.15, 0.2) is 0 Å². The molecule has 0 heterocycles. The minimum Gasteiger partial charge on any atom is -0.497 e. The second-order valence-corrected chi connectivity index (χ2v) is 9.73. The number of amides is 1. The van der Waals surface area contributed by atoms with Crippen molar-refractivity contribution in [2.75, 3.05) is 37.6 Å². The van der Waals surface area contributed by atoms with Gasteiger partial charge in [-0.05, 0) is 61.0 Å². The Hall–Kier alpha value is -4.35. The number of carbonyl (C=O) groups excluding carboxylic acids is 1. The fourth-order valence-corrected chi connectivity index (χ4v) is 3.15. The molecule has 0 radical (unpaired) electrons. The van der Waals surface area contributed by atoms with Gasteiger partial charge in [0.1, 0.15) is 17.6 Å². The summed E-state index contributed by atoms with van der Waals surface area (Å²) in [6.07, 6.45) is 5.79. The predicted octanol–water partition coefficient (Wildman–Crippen LogP) is 6.20. The largest absolute Gasteiger partial charge is 0.497 e. The molecule has 1 unspecified atom stereocenters. The summed E-state index contributed by atoms with van der Waals surface area (Å²) in [5, 5.41) is 22.2. The number of carbonyl (C=O) groups is 2. The lowest BCUT2D eigenvalue weighted by Crippen LogP contribution is -2.43. The molecule has 0 saturated heterocycles. The van der Waals surface area contributed by atoms with Crippen LogP contribution in [0, 0.1) is 11.3 Å². The number of hydrogen-bond acceptors (Lipinski definition) is 8. The highest BCUT2D eigenvalue weighted by Gasteiger charge is 2.22. The second kappa shape index (κ2) is 27.0. The molecule has 1 amide bonds. The normalized spacial score (nSPS) is 11.2. The number of nitrogens with two attached hydrogens (primary N) is 1. The molecule has 0 saturated carbocycles. The van der Waals surface area contributed by atoms with Crippen molar-refractivity contribution < 1.29 is 24.2 Å². The minimum absolute atomic E-state index is 0.0163. The van der Waals surface area contributed by atoms with Gasteiger partial charge in [0.2, 0.25) is 0 Å². The quantitative estimate of drug-likeness (QED) is 0.0370. The number of amidine groups is 1. The van der Waals surface area contributed by atoms with Crippen molar-refractivity contribution in [3.8, 4) is 5.75 Å². The van der Waals surface area contributed by atoms with Crippen molar-refractivity contribution in [1.29, 1.82) is 5.41 Å². The maximum Gasteiger partial charge on any atom is 0.305 e. The zero-order chi connectivity index (χ0) is 35.5. The molecule has 0 aliphatic heterocycles. The summed E-state index contributed by atoms with van der Waals surface area (Å²) in [6, 6.07) is 13.9.